The Kier molecular flexibility index (Phi) is 7.63. The molecule has 0 aliphatic heterocycles. The second kappa shape index (κ2) is 10.4. The van der Waals surface area contributed by atoms with Gasteiger partial charge in [0.05, 0.1) is 5.75 Å². The molecule has 0 fully saturated rings. The van der Waals surface area contributed by atoms with Crippen LogP contribution in [0.2, 0.25) is 0 Å². The first kappa shape index (κ1) is 20.6. The first-order chi connectivity index (χ1) is 13.6. The predicted octanol–water partition coefficient (Wildman–Crippen LogP) is 6.47. The first-order valence-electron chi connectivity index (χ1n) is 9.30. The summed E-state index contributed by atoms with van der Waals surface area (Å²) in [6, 6.07) is 25.0. The molecule has 3 aromatic carbocycles. The molecule has 0 spiro atoms. The van der Waals surface area contributed by atoms with Crippen LogP contribution in [0, 0.1) is 13.8 Å². The first-order valence-corrected chi connectivity index (χ1v) is 11.4. The Labute approximate surface area is 176 Å². The lowest BCUT2D eigenvalue weighted by Gasteiger charge is -2.08. The van der Waals surface area contributed by atoms with Crippen LogP contribution >= 0.6 is 23.5 Å². The summed E-state index contributed by atoms with van der Waals surface area (Å²) in [5.41, 5.74) is 5.91. The van der Waals surface area contributed by atoms with E-state index in [-0.39, 0.29) is 5.91 Å². The summed E-state index contributed by atoms with van der Waals surface area (Å²) in [6.45, 7) is 4.21. The minimum absolute atomic E-state index is 0.0424. The molecule has 0 aliphatic rings. The number of hydrogen-bond acceptors (Lipinski definition) is 3. The van der Waals surface area contributed by atoms with Gasteiger partial charge in [0.1, 0.15) is 0 Å². The molecule has 0 bridgehead atoms. The molecule has 2 nitrogen and oxygen atoms in total. The second-order valence-electron chi connectivity index (χ2n) is 6.84. The Bertz CT molecular complexity index is 887. The minimum atomic E-state index is 0.0424. The molecule has 1 N–H and O–H groups in total. The van der Waals surface area contributed by atoms with Crippen LogP contribution in [0.3, 0.4) is 0 Å². The van der Waals surface area contributed by atoms with Crippen molar-refractivity contribution >= 4 is 35.1 Å². The molecule has 3 aromatic rings. The van der Waals surface area contributed by atoms with Crippen LogP contribution in [0.5, 0.6) is 0 Å². The molecule has 0 unspecified atom stereocenters. The SMILES string of the molecule is Cc1cc(C)cc(CSCC(=O)Nc2ccc(CSc3ccccc3)cc2)c1. The van der Waals surface area contributed by atoms with Gasteiger partial charge in [0.15, 0.2) is 0 Å². The third-order valence-electron chi connectivity index (χ3n) is 4.17. The summed E-state index contributed by atoms with van der Waals surface area (Å²) in [4.78, 5) is 13.5. The number of nitrogens with one attached hydrogen (secondary N) is 1. The van der Waals surface area contributed by atoms with Gasteiger partial charge < -0.3 is 5.32 Å². The molecule has 0 radical (unpaired) electrons. The number of carbonyl (C=O) groups excluding carboxylic acids is 1. The van der Waals surface area contributed by atoms with Crippen molar-refractivity contribution in [3.05, 3.63) is 95.1 Å². The lowest BCUT2D eigenvalue weighted by Crippen LogP contribution is -2.14. The number of amides is 1. The number of rotatable bonds is 8. The highest BCUT2D eigenvalue weighted by atomic mass is 32.2. The largest absolute Gasteiger partial charge is 0.325 e. The zero-order valence-corrected chi connectivity index (χ0v) is 17.9. The van der Waals surface area contributed by atoms with Crippen molar-refractivity contribution in [3.8, 4) is 0 Å². The summed E-state index contributed by atoms with van der Waals surface area (Å²) in [5.74, 6) is 2.27. The zero-order chi connectivity index (χ0) is 19.8. The van der Waals surface area contributed by atoms with Gasteiger partial charge in [0.25, 0.3) is 0 Å². The Hall–Kier alpha value is -2.17. The number of benzene rings is 3. The molecule has 0 heterocycles. The summed E-state index contributed by atoms with van der Waals surface area (Å²) in [6.07, 6.45) is 0. The standard InChI is InChI=1S/C24H25NOS2/c1-18-12-19(2)14-21(13-18)15-27-17-24(26)25-22-10-8-20(9-11-22)16-28-23-6-4-3-5-7-23/h3-14H,15-17H2,1-2H3,(H,25,26). The van der Waals surface area contributed by atoms with E-state index in [1.54, 1.807) is 11.8 Å². The number of thioether (sulfide) groups is 2. The van der Waals surface area contributed by atoms with E-state index in [4.69, 9.17) is 0 Å². The van der Waals surface area contributed by atoms with E-state index >= 15 is 0 Å². The van der Waals surface area contributed by atoms with Gasteiger partial charge in [-0.15, -0.1) is 23.5 Å². The topological polar surface area (TPSA) is 29.1 Å². The van der Waals surface area contributed by atoms with E-state index in [0.717, 1.165) is 17.2 Å². The van der Waals surface area contributed by atoms with E-state index in [1.165, 1.54) is 27.1 Å². The summed E-state index contributed by atoms with van der Waals surface area (Å²) >= 11 is 3.46. The Morgan fingerprint density at radius 1 is 0.821 bits per heavy atom. The van der Waals surface area contributed by atoms with Crippen LogP contribution in [0.4, 0.5) is 5.69 Å². The van der Waals surface area contributed by atoms with Gasteiger partial charge in [0.2, 0.25) is 5.91 Å². The monoisotopic (exact) mass is 407 g/mol. The van der Waals surface area contributed by atoms with Crippen molar-refractivity contribution < 1.29 is 4.79 Å². The third-order valence-corrected chi connectivity index (χ3v) is 6.26. The fourth-order valence-corrected chi connectivity index (χ4v) is 4.62. The van der Waals surface area contributed by atoms with Gasteiger partial charge in [-0.3, -0.25) is 4.79 Å². The van der Waals surface area contributed by atoms with E-state index in [1.807, 2.05) is 30.0 Å². The average Bonchev–Trinajstić information content (AvgIpc) is 2.67. The smallest absolute Gasteiger partial charge is 0.234 e. The van der Waals surface area contributed by atoms with E-state index < -0.39 is 0 Å². The van der Waals surface area contributed by atoms with Crippen LogP contribution in [-0.2, 0) is 16.3 Å². The molecule has 1 amide bonds. The van der Waals surface area contributed by atoms with Crippen molar-refractivity contribution in [2.45, 2.75) is 30.2 Å². The molecule has 3 rings (SSSR count). The predicted molar refractivity (Wildman–Crippen MR) is 123 cm³/mol. The minimum Gasteiger partial charge on any atom is -0.325 e. The van der Waals surface area contributed by atoms with Crippen LogP contribution < -0.4 is 5.32 Å². The Morgan fingerprint density at radius 2 is 1.50 bits per heavy atom. The zero-order valence-electron chi connectivity index (χ0n) is 16.3. The van der Waals surface area contributed by atoms with Gasteiger partial charge in [-0.25, -0.2) is 0 Å². The maximum absolute atomic E-state index is 12.2. The van der Waals surface area contributed by atoms with Gasteiger partial charge in [0, 0.05) is 22.1 Å². The number of carbonyl (C=O) groups is 1. The number of aryl methyl sites for hydroxylation is 2. The molecular formula is C24H25NOS2. The van der Waals surface area contributed by atoms with Gasteiger partial charge in [-0.1, -0.05) is 59.7 Å². The van der Waals surface area contributed by atoms with Crippen LogP contribution in [0.15, 0.2) is 77.7 Å². The summed E-state index contributed by atoms with van der Waals surface area (Å²) < 4.78 is 0. The van der Waals surface area contributed by atoms with Gasteiger partial charge >= 0.3 is 0 Å². The molecule has 0 atom stereocenters. The molecule has 0 saturated heterocycles. The van der Waals surface area contributed by atoms with Crippen molar-refractivity contribution in [2.75, 3.05) is 11.1 Å². The molecular weight excluding hydrogens is 382 g/mol. The van der Waals surface area contributed by atoms with Crippen molar-refractivity contribution in [3.63, 3.8) is 0 Å². The van der Waals surface area contributed by atoms with Gasteiger partial charge in [-0.2, -0.15) is 0 Å². The quantitative estimate of drug-likeness (QED) is 0.434. The third kappa shape index (κ3) is 6.77. The fraction of sp³-hybridized carbons (Fsp3) is 0.208. The van der Waals surface area contributed by atoms with E-state index in [0.29, 0.717) is 5.75 Å². The van der Waals surface area contributed by atoms with Crippen LogP contribution in [-0.4, -0.2) is 11.7 Å². The molecule has 0 aromatic heterocycles. The number of hydrogen-bond donors (Lipinski definition) is 1. The normalized spacial score (nSPS) is 10.6. The highest BCUT2D eigenvalue weighted by molar-refractivity contribution is 7.99. The molecule has 0 saturated carbocycles. The summed E-state index contributed by atoms with van der Waals surface area (Å²) in [7, 11) is 0. The van der Waals surface area contributed by atoms with E-state index in [9.17, 15) is 4.79 Å². The Morgan fingerprint density at radius 3 is 2.18 bits per heavy atom. The van der Waals surface area contributed by atoms with E-state index in [2.05, 4.69) is 73.8 Å². The van der Waals surface area contributed by atoms with Crippen LogP contribution in [0.25, 0.3) is 0 Å². The molecule has 0 aliphatic carbocycles. The second-order valence-corrected chi connectivity index (χ2v) is 8.87. The number of anilines is 1. The highest BCUT2D eigenvalue weighted by Crippen LogP contribution is 2.23. The van der Waals surface area contributed by atoms with Gasteiger partial charge in [-0.05, 0) is 49.2 Å². The maximum Gasteiger partial charge on any atom is 0.234 e. The van der Waals surface area contributed by atoms with Crippen molar-refractivity contribution in [2.24, 2.45) is 0 Å². The lowest BCUT2D eigenvalue weighted by atomic mass is 10.1. The molecule has 4 heteroatoms. The average molecular weight is 408 g/mol. The van der Waals surface area contributed by atoms with Crippen LogP contribution in [0.1, 0.15) is 22.3 Å². The molecule has 28 heavy (non-hydrogen) atoms. The Balaban J connectivity index is 1.42. The van der Waals surface area contributed by atoms with Crippen molar-refractivity contribution in [1.29, 1.82) is 0 Å². The van der Waals surface area contributed by atoms with Crippen molar-refractivity contribution in [1.82, 2.24) is 0 Å². The summed E-state index contributed by atoms with van der Waals surface area (Å²) in [5, 5.41) is 2.99. The lowest BCUT2D eigenvalue weighted by molar-refractivity contribution is -0.113. The highest BCUT2D eigenvalue weighted by Gasteiger charge is 2.04. The molecule has 144 valence electrons. The maximum atomic E-state index is 12.2. The fourth-order valence-electron chi connectivity index (χ4n) is 2.98.